The van der Waals surface area contributed by atoms with Gasteiger partial charge in [-0.15, -0.1) is 0 Å². The van der Waals surface area contributed by atoms with E-state index in [1.807, 2.05) is 0 Å². The molecule has 1 rings (SSSR count). The Morgan fingerprint density at radius 3 is 2.58 bits per heavy atom. The first-order valence-electron chi connectivity index (χ1n) is 4.79. The number of aryl methyl sites for hydroxylation is 1. The predicted molar refractivity (Wildman–Crippen MR) is 56.3 cm³/mol. The van der Waals surface area contributed by atoms with Gasteiger partial charge in [0.15, 0.2) is 7.28 Å². The summed E-state index contributed by atoms with van der Waals surface area (Å²) >= 11 is 0. The summed E-state index contributed by atoms with van der Waals surface area (Å²) in [4.78, 5) is 0. The van der Waals surface area contributed by atoms with Crippen molar-refractivity contribution in [3.63, 3.8) is 0 Å². The van der Waals surface area contributed by atoms with E-state index >= 15 is 0 Å². The van der Waals surface area contributed by atoms with Gasteiger partial charge in [0.05, 0.1) is 0 Å². The fraction of sp³-hybridized carbons (Fsp3) is 0.455. The zero-order chi connectivity index (χ0) is 8.81. The van der Waals surface area contributed by atoms with E-state index in [0.29, 0.717) is 0 Å². The van der Waals surface area contributed by atoms with Crippen molar-refractivity contribution in [2.24, 2.45) is 0 Å². The van der Waals surface area contributed by atoms with Crippen molar-refractivity contribution in [3.05, 3.63) is 29.8 Å². The monoisotopic (exact) mass is 159 g/mol. The van der Waals surface area contributed by atoms with E-state index in [1.165, 1.54) is 23.8 Å². The molecular weight excluding hydrogens is 143 g/mol. The first kappa shape index (κ1) is 9.37. The second-order valence-electron chi connectivity index (χ2n) is 3.05. The van der Waals surface area contributed by atoms with Crippen LogP contribution in [-0.2, 0) is 6.42 Å². The SMILES string of the molecule is CCC[B]c1ccccc1CC. The molecule has 63 valence electrons. The van der Waals surface area contributed by atoms with Gasteiger partial charge in [0.2, 0.25) is 0 Å². The standard InChI is InChI=1S/C11H16B/c1-3-9-12-11-8-6-5-7-10(11)4-2/h5-8H,3-4,9H2,1-2H3. The molecule has 0 N–H and O–H groups in total. The molecule has 1 heteroatoms. The molecule has 1 radical (unpaired) electrons. The Morgan fingerprint density at radius 1 is 1.17 bits per heavy atom. The first-order chi connectivity index (χ1) is 5.88. The second-order valence-corrected chi connectivity index (χ2v) is 3.05. The number of benzene rings is 1. The van der Waals surface area contributed by atoms with Crippen LogP contribution in [-0.4, -0.2) is 7.28 Å². The molecule has 0 amide bonds. The molecule has 0 aromatic heterocycles. The van der Waals surface area contributed by atoms with Crippen molar-refractivity contribution in [1.29, 1.82) is 0 Å². The fourth-order valence-electron chi connectivity index (χ4n) is 1.36. The molecule has 0 nitrogen and oxygen atoms in total. The van der Waals surface area contributed by atoms with Gasteiger partial charge in [-0.05, 0) is 6.42 Å². The minimum Gasteiger partial charge on any atom is -0.0847 e. The predicted octanol–water partition coefficient (Wildman–Crippen LogP) is 2.41. The molecule has 12 heavy (non-hydrogen) atoms. The molecule has 0 saturated heterocycles. The molecule has 0 fully saturated rings. The van der Waals surface area contributed by atoms with Crippen molar-refractivity contribution < 1.29 is 0 Å². The minimum atomic E-state index is 1.14. The average molecular weight is 159 g/mol. The van der Waals surface area contributed by atoms with Gasteiger partial charge in [0, 0.05) is 0 Å². The van der Waals surface area contributed by atoms with Crippen LogP contribution in [0.3, 0.4) is 0 Å². The van der Waals surface area contributed by atoms with Gasteiger partial charge in [-0.25, -0.2) is 0 Å². The van der Waals surface area contributed by atoms with Crippen LogP contribution in [0.2, 0.25) is 6.32 Å². The van der Waals surface area contributed by atoms with Crippen LogP contribution in [0.1, 0.15) is 25.8 Å². The Bertz CT molecular complexity index is 230. The third-order valence-corrected chi connectivity index (χ3v) is 2.09. The maximum Gasteiger partial charge on any atom is 0.151 e. The number of hydrogen-bond acceptors (Lipinski definition) is 0. The first-order valence-corrected chi connectivity index (χ1v) is 4.79. The Kier molecular flexibility index (Phi) is 3.92. The van der Waals surface area contributed by atoms with Gasteiger partial charge in [0.25, 0.3) is 0 Å². The lowest BCUT2D eigenvalue weighted by atomic mass is 9.64. The van der Waals surface area contributed by atoms with Gasteiger partial charge < -0.3 is 0 Å². The lowest BCUT2D eigenvalue weighted by molar-refractivity contribution is 1.07. The van der Waals surface area contributed by atoms with E-state index in [0.717, 1.165) is 6.42 Å². The smallest absolute Gasteiger partial charge is 0.0847 e. The van der Waals surface area contributed by atoms with E-state index < -0.39 is 0 Å². The largest absolute Gasteiger partial charge is 0.151 e. The van der Waals surface area contributed by atoms with Crippen LogP contribution in [0, 0.1) is 0 Å². The van der Waals surface area contributed by atoms with Crippen molar-refractivity contribution in [3.8, 4) is 0 Å². The molecule has 1 aromatic rings. The summed E-state index contributed by atoms with van der Waals surface area (Å²) in [5.41, 5.74) is 2.88. The molecule has 0 unspecified atom stereocenters. The van der Waals surface area contributed by atoms with E-state index in [2.05, 4.69) is 45.4 Å². The number of rotatable bonds is 4. The lowest BCUT2D eigenvalue weighted by Crippen LogP contribution is -2.17. The van der Waals surface area contributed by atoms with E-state index in [1.54, 1.807) is 0 Å². The van der Waals surface area contributed by atoms with Gasteiger partial charge in [-0.3, -0.25) is 0 Å². The van der Waals surface area contributed by atoms with Crippen molar-refractivity contribution in [2.45, 2.75) is 33.0 Å². The van der Waals surface area contributed by atoms with Gasteiger partial charge in [-0.1, -0.05) is 61.9 Å². The van der Waals surface area contributed by atoms with Crippen molar-refractivity contribution >= 4 is 12.7 Å². The van der Waals surface area contributed by atoms with Crippen LogP contribution in [0.4, 0.5) is 0 Å². The lowest BCUT2D eigenvalue weighted by Gasteiger charge is -2.04. The minimum absolute atomic E-state index is 1.14. The van der Waals surface area contributed by atoms with Crippen molar-refractivity contribution in [2.75, 3.05) is 0 Å². The Morgan fingerprint density at radius 2 is 1.92 bits per heavy atom. The van der Waals surface area contributed by atoms with Gasteiger partial charge >= 0.3 is 0 Å². The summed E-state index contributed by atoms with van der Waals surface area (Å²) in [6.45, 7) is 4.42. The maximum atomic E-state index is 2.33. The van der Waals surface area contributed by atoms with Crippen molar-refractivity contribution in [1.82, 2.24) is 0 Å². The van der Waals surface area contributed by atoms with Crippen LogP contribution in [0.15, 0.2) is 24.3 Å². The molecular formula is C11H16B. The molecule has 0 aliphatic rings. The molecule has 0 bridgehead atoms. The van der Waals surface area contributed by atoms with E-state index in [-0.39, 0.29) is 0 Å². The highest BCUT2D eigenvalue weighted by molar-refractivity contribution is 6.53. The zero-order valence-corrected chi connectivity index (χ0v) is 8.01. The average Bonchev–Trinajstić information content (AvgIpc) is 2.15. The number of hydrogen-bond donors (Lipinski definition) is 0. The molecule has 0 aliphatic carbocycles. The van der Waals surface area contributed by atoms with Crippen LogP contribution in [0.5, 0.6) is 0 Å². The molecule has 0 spiro atoms. The summed E-state index contributed by atoms with van der Waals surface area (Å²) in [6, 6.07) is 8.64. The van der Waals surface area contributed by atoms with Crippen LogP contribution < -0.4 is 5.46 Å². The summed E-state index contributed by atoms with van der Waals surface area (Å²) in [5.74, 6) is 0. The molecule has 0 saturated carbocycles. The summed E-state index contributed by atoms with van der Waals surface area (Å²) in [6.07, 6.45) is 3.56. The highest BCUT2D eigenvalue weighted by Crippen LogP contribution is 1.98. The van der Waals surface area contributed by atoms with Crippen LogP contribution >= 0.6 is 0 Å². The van der Waals surface area contributed by atoms with Gasteiger partial charge in [-0.2, -0.15) is 0 Å². The Labute approximate surface area is 76.2 Å². The maximum absolute atomic E-state index is 2.33. The Balaban J connectivity index is 2.68. The molecule has 1 aromatic carbocycles. The highest BCUT2D eigenvalue weighted by Gasteiger charge is 1.98. The second kappa shape index (κ2) is 5.02. The fourth-order valence-corrected chi connectivity index (χ4v) is 1.36. The summed E-state index contributed by atoms with van der Waals surface area (Å²) in [7, 11) is 2.33. The van der Waals surface area contributed by atoms with E-state index in [4.69, 9.17) is 0 Å². The van der Waals surface area contributed by atoms with Crippen LogP contribution in [0.25, 0.3) is 0 Å². The topological polar surface area (TPSA) is 0 Å². The van der Waals surface area contributed by atoms with Gasteiger partial charge in [0.1, 0.15) is 0 Å². The van der Waals surface area contributed by atoms with E-state index in [9.17, 15) is 0 Å². The molecule has 0 aliphatic heterocycles. The summed E-state index contributed by atoms with van der Waals surface area (Å²) in [5, 5.41) is 0. The Hall–Kier alpha value is -0.715. The molecule has 0 atom stereocenters. The highest BCUT2D eigenvalue weighted by atomic mass is 13.9. The quantitative estimate of drug-likeness (QED) is 0.591. The third-order valence-electron chi connectivity index (χ3n) is 2.09. The third kappa shape index (κ3) is 2.40. The molecule has 0 heterocycles. The zero-order valence-electron chi connectivity index (χ0n) is 8.01. The normalized spacial score (nSPS) is 9.83. The summed E-state index contributed by atoms with van der Waals surface area (Å²) < 4.78 is 0.